The number of nitrogens with one attached hydrogen (secondary N) is 2. The number of carbonyl (C=O) groups excluding carboxylic acids is 1. The summed E-state index contributed by atoms with van der Waals surface area (Å²) in [6.45, 7) is 2.69. The van der Waals surface area contributed by atoms with Crippen LogP contribution in [0.4, 0.5) is 14.9 Å². The molecule has 0 bridgehead atoms. The lowest BCUT2D eigenvalue weighted by molar-refractivity contribution is -0.0399. The Morgan fingerprint density at radius 1 is 1.26 bits per heavy atom. The number of fused-ring (bicyclic) bond motifs is 1. The Morgan fingerprint density at radius 2 is 2.08 bits per heavy atom. The number of likely N-dealkylation sites (tertiary alicyclic amines) is 2. The van der Waals surface area contributed by atoms with E-state index in [1.165, 1.54) is 18.2 Å². The summed E-state index contributed by atoms with van der Waals surface area (Å²) in [6, 6.07) is 10.4. The maximum Gasteiger partial charge on any atom is 0.321 e. The Bertz CT molecular complexity index is 1530. The van der Waals surface area contributed by atoms with Crippen molar-refractivity contribution in [3.05, 3.63) is 66.0 Å². The van der Waals surface area contributed by atoms with E-state index in [2.05, 4.69) is 31.4 Å². The fourth-order valence-corrected chi connectivity index (χ4v) is 5.82. The molecule has 2 fully saturated rings. The van der Waals surface area contributed by atoms with Gasteiger partial charge in [-0.15, -0.1) is 0 Å². The molecule has 2 aliphatic rings. The molecule has 5 heterocycles. The quantitative estimate of drug-likeness (QED) is 0.382. The molecule has 38 heavy (non-hydrogen) atoms. The molecule has 2 amide bonds. The van der Waals surface area contributed by atoms with Gasteiger partial charge in [0, 0.05) is 61.8 Å². The van der Waals surface area contributed by atoms with Crippen LogP contribution in [0, 0.1) is 17.1 Å². The Hall–Kier alpha value is -3.94. The second kappa shape index (κ2) is 9.74. The number of nitriles is 1. The number of piperidine rings is 1. The summed E-state index contributed by atoms with van der Waals surface area (Å²) >= 11 is 6.05. The third-order valence-corrected chi connectivity index (χ3v) is 8.00. The number of aromatic nitrogens is 4. The second-order valence-corrected chi connectivity index (χ2v) is 10.4. The summed E-state index contributed by atoms with van der Waals surface area (Å²) in [6.07, 6.45) is 9.58. The summed E-state index contributed by atoms with van der Waals surface area (Å²) in [5.74, 6) is -0.447. The number of halogens is 2. The minimum atomic E-state index is -0.447. The van der Waals surface area contributed by atoms with E-state index >= 15 is 0 Å². The minimum Gasteiger partial charge on any atom is -0.346 e. The molecular weight excluding hydrogens is 507 g/mol. The van der Waals surface area contributed by atoms with Gasteiger partial charge in [-0.1, -0.05) is 11.6 Å². The lowest BCUT2D eigenvalue weighted by Crippen LogP contribution is -2.66. The predicted molar refractivity (Wildman–Crippen MR) is 142 cm³/mol. The van der Waals surface area contributed by atoms with Crippen LogP contribution >= 0.6 is 11.6 Å². The number of nitrogens with zero attached hydrogens (tertiary/aromatic N) is 6. The molecule has 194 valence electrons. The van der Waals surface area contributed by atoms with Crippen molar-refractivity contribution in [3.8, 4) is 17.2 Å². The smallest absolute Gasteiger partial charge is 0.321 e. The van der Waals surface area contributed by atoms with E-state index in [9.17, 15) is 14.4 Å². The number of hydrogen-bond acceptors (Lipinski definition) is 5. The van der Waals surface area contributed by atoms with Crippen molar-refractivity contribution in [2.24, 2.45) is 0 Å². The fraction of sp³-hybridized carbons (Fsp3) is 0.333. The number of aromatic amines is 1. The van der Waals surface area contributed by atoms with Crippen LogP contribution in [-0.2, 0) is 5.54 Å². The molecule has 0 saturated carbocycles. The van der Waals surface area contributed by atoms with Gasteiger partial charge in [-0.2, -0.15) is 10.4 Å². The van der Waals surface area contributed by atoms with Gasteiger partial charge in [0.15, 0.2) is 0 Å². The van der Waals surface area contributed by atoms with Crippen LogP contribution in [0.3, 0.4) is 0 Å². The maximum atomic E-state index is 13.3. The third-order valence-electron chi connectivity index (χ3n) is 7.68. The lowest BCUT2D eigenvalue weighted by Gasteiger charge is -2.53. The van der Waals surface area contributed by atoms with Crippen molar-refractivity contribution in [2.45, 2.75) is 30.8 Å². The monoisotopic (exact) mass is 532 g/mol. The van der Waals surface area contributed by atoms with Crippen molar-refractivity contribution in [1.29, 1.82) is 5.26 Å². The molecule has 0 atom stereocenters. The van der Waals surface area contributed by atoms with Gasteiger partial charge in [-0.25, -0.2) is 14.2 Å². The minimum absolute atomic E-state index is 0.172. The first-order chi connectivity index (χ1) is 18.5. The Morgan fingerprint density at radius 3 is 2.84 bits per heavy atom. The van der Waals surface area contributed by atoms with Gasteiger partial charge in [-0.3, -0.25) is 9.58 Å². The van der Waals surface area contributed by atoms with Crippen LogP contribution in [0.5, 0.6) is 0 Å². The van der Waals surface area contributed by atoms with E-state index < -0.39 is 5.82 Å². The van der Waals surface area contributed by atoms with Gasteiger partial charge in [0.1, 0.15) is 17.0 Å². The average molecular weight is 533 g/mol. The van der Waals surface area contributed by atoms with Crippen LogP contribution in [0.1, 0.15) is 19.3 Å². The summed E-state index contributed by atoms with van der Waals surface area (Å²) in [4.78, 5) is 24.4. The van der Waals surface area contributed by atoms with E-state index in [0.29, 0.717) is 31.2 Å². The summed E-state index contributed by atoms with van der Waals surface area (Å²) < 4.78 is 15.2. The van der Waals surface area contributed by atoms with E-state index in [0.717, 1.165) is 48.1 Å². The number of rotatable bonds is 5. The van der Waals surface area contributed by atoms with Crippen molar-refractivity contribution in [1.82, 2.24) is 29.5 Å². The highest BCUT2D eigenvalue weighted by Crippen LogP contribution is 2.37. The normalized spacial score (nSPS) is 17.8. The molecule has 3 aromatic heterocycles. The lowest BCUT2D eigenvalue weighted by atomic mass is 9.84. The molecule has 2 saturated heterocycles. The zero-order chi connectivity index (χ0) is 26.3. The van der Waals surface area contributed by atoms with Crippen molar-refractivity contribution in [2.75, 3.05) is 31.5 Å². The Balaban J connectivity index is 1.09. The highest BCUT2D eigenvalue weighted by Gasteiger charge is 2.48. The van der Waals surface area contributed by atoms with Crippen LogP contribution in [-0.4, -0.2) is 67.8 Å². The van der Waals surface area contributed by atoms with Crippen molar-refractivity contribution < 1.29 is 9.18 Å². The molecular formula is C27H26ClFN8O. The van der Waals surface area contributed by atoms with Crippen molar-refractivity contribution >= 4 is 34.4 Å². The van der Waals surface area contributed by atoms with E-state index in [4.69, 9.17) is 11.6 Å². The van der Waals surface area contributed by atoms with Gasteiger partial charge in [0.2, 0.25) is 0 Å². The molecule has 0 unspecified atom stereocenters. The number of anilines is 1. The first-order valence-corrected chi connectivity index (χ1v) is 12.9. The predicted octanol–water partition coefficient (Wildman–Crippen LogP) is 4.84. The second-order valence-electron chi connectivity index (χ2n) is 10.0. The molecule has 6 rings (SSSR count). The SMILES string of the molecule is N#CCC1(n2cc(-c3ccnc4[nH]ccc34)cn2)CN(C2CCN(C(=O)Nc3ccc(F)cc3Cl)CC2)C1. The number of H-pyrrole nitrogens is 1. The van der Waals surface area contributed by atoms with E-state index in [1.807, 2.05) is 35.4 Å². The first kappa shape index (κ1) is 24.4. The van der Waals surface area contributed by atoms with Gasteiger partial charge in [-0.05, 0) is 48.7 Å². The first-order valence-electron chi connectivity index (χ1n) is 12.6. The third kappa shape index (κ3) is 4.38. The molecule has 0 radical (unpaired) electrons. The standard InChI is InChI=1S/C27H26ClFN8O/c28-23-13-19(29)1-2-24(23)34-26(38)35-11-5-20(6-12-35)36-16-27(17-36,7-8-30)37-15-18(14-33-37)21-3-9-31-25-22(21)4-10-32-25/h1-4,9-10,13-15,20H,5-7,11-12,16-17H2,(H,31,32)(H,34,38). The molecule has 0 spiro atoms. The number of urea groups is 1. The fourth-order valence-electron chi connectivity index (χ4n) is 5.61. The van der Waals surface area contributed by atoms with Gasteiger partial charge >= 0.3 is 6.03 Å². The highest BCUT2D eigenvalue weighted by atomic mass is 35.5. The van der Waals surface area contributed by atoms with Crippen LogP contribution in [0.25, 0.3) is 22.2 Å². The number of benzene rings is 1. The van der Waals surface area contributed by atoms with Crippen LogP contribution in [0.2, 0.25) is 5.02 Å². The van der Waals surface area contributed by atoms with Gasteiger partial charge in [0.05, 0.1) is 29.4 Å². The Labute approximate surface area is 223 Å². The summed E-state index contributed by atoms with van der Waals surface area (Å²) in [7, 11) is 0. The average Bonchev–Trinajstić information content (AvgIpc) is 3.58. The van der Waals surface area contributed by atoms with Crippen LogP contribution < -0.4 is 5.32 Å². The largest absolute Gasteiger partial charge is 0.346 e. The number of hydrogen-bond donors (Lipinski definition) is 2. The number of amides is 2. The molecule has 2 N–H and O–H groups in total. The summed E-state index contributed by atoms with van der Waals surface area (Å²) in [5, 5.41) is 18.3. The van der Waals surface area contributed by atoms with Gasteiger partial charge in [0.25, 0.3) is 0 Å². The highest BCUT2D eigenvalue weighted by molar-refractivity contribution is 6.33. The molecule has 2 aliphatic heterocycles. The molecule has 1 aromatic carbocycles. The summed E-state index contributed by atoms with van der Waals surface area (Å²) in [5.41, 5.74) is 2.90. The topological polar surface area (TPSA) is 106 Å². The van der Waals surface area contributed by atoms with Gasteiger partial charge < -0.3 is 15.2 Å². The maximum absolute atomic E-state index is 13.3. The van der Waals surface area contributed by atoms with Crippen LogP contribution in [0.15, 0.2) is 55.1 Å². The van der Waals surface area contributed by atoms with E-state index in [-0.39, 0.29) is 16.6 Å². The zero-order valence-electron chi connectivity index (χ0n) is 20.6. The number of carbonyl (C=O) groups is 1. The number of pyridine rings is 1. The Kier molecular flexibility index (Phi) is 6.26. The molecule has 4 aromatic rings. The molecule has 9 nitrogen and oxygen atoms in total. The molecule has 11 heteroatoms. The zero-order valence-corrected chi connectivity index (χ0v) is 21.3. The molecule has 0 aliphatic carbocycles. The van der Waals surface area contributed by atoms with E-state index in [1.54, 1.807) is 11.1 Å². The van der Waals surface area contributed by atoms with Crippen molar-refractivity contribution in [3.63, 3.8) is 0 Å².